The largest absolute Gasteiger partial charge is 0.481 e. The van der Waals surface area contributed by atoms with E-state index < -0.39 is 5.97 Å². The summed E-state index contributed by atoms with van der Waals surface area (Å²) >= 11 is 0. The minimum atomic E-state index is -0.602. The molecule has 0 amide bonds. The molecular formula is C35H53N3O4. The molecule has 232 valence electrons. The second kappa shape index (κ2) is 12.5. The van der Waals surface area contributed by atoms with Crippen LogP contribution in [0.2, 0.25) is 0 Å². The predicted octanol–water partition coefficient (Wildman–Crippen LogP) is 4.82. The van der Waals surface area contributed by atoms with Crippen LogP contribution in [-0.4, -0.2) is 72.7 Å². The number of nitrogens with one attached hydrogen (secondary N) is 2. The van der Waals surface area contributed by atoms with Crippen LogP contribution in [0, 0.1) is 48.3 Å². The lowest BCUT2D eigenvalue weighted by Gasteiger charge is -2.55. The fourth-order valence-corrected chi connectivity index (χ4v) is 10.1. The molecule has 0 spiro atoms. The number of ether oxygens (including phenoxy) is 2. The van der Waals surface area contributed by atoms with Gasteiger partial charge in [0, 0.05) is 18.6 Å². The Balaban J connectivity index is 0.856. The maximum Gasteiger partial charge on any atom is 0.307 e. The molecule has 8 unspecified atom stereocenters. The molecular weight excluding hydrogens is 526 g/mol. The lowest BCUT2D eigenvalue weighted by Crippen LogP contribution is -2.68. The van der Waals surface area contributed by atoms with Gasteiger partial charge in [-0.05, 0) is 126 Å². The normalized spacial score (nSPS) is 42.0. The molecule has 4 aliphatic carbocycles. The fourth-order valence-electron chi connectivity index (χ4n) is 10.1. The van der Waals surface area contributed by atoms with Crippen molar-refractivity contribution in [3.63, 3.8) is 0 Å². The molecule has 6 fully saturated rings. The number of carboxylic acids is 1. The van der Waals surface area contributed by atoms with E-state index in [9.17, 15) is 9.90 Å². The van der Waals surface area contributed by atoms with Crippen molar-refractivity contribution in [3.05, 3.63) is 35.4 Å². The highest BCUT2D eigenvalue weighted by Crippen LogP contribution is 2.58. The van der Waals surface area contributed by atoms with Crippen LogP contribution >= 0.6 is 0 Å². The third-order valence-corrected chi connectivity index (χ3v) is 12.3. The number of rotatable bonds is 9. The lowest BCUT2D eigenvalue weighted by atomic mass is 9.60. The third-order valence-electron chi connectivity index (χ3n) is 12.3. The summed E-state index contributed by atoms with van der Waals surface area (Å²) in [5.41, 5.74) is 2.60. The second-order valence-electron chi connectivity index (χ2n) is 14.8. The van der Waals surface area contributed by atoms with Crippen LogP contribution < -0.4 is 10.6 Å². The molecule has 7 heteroatoms. The second-order valence-corrected chi connectivity index (χ2v) is 14.8. The fraction of sp³-hybridized carbons (Fsp3) is 0.800. The predicted molar refractivity (Wildman–Crippen MR) is 163 cm³/mol. The quantitative estimate of drug-likeness (QED) is 0.387. The van der Waals surface area contributed by atoms with E-state index in [0.717, 1.165) is 56.3 Å². The molecule has 1 aromatic rings. The van der Waals surface area contributed by atoms with E-state index >= 15 is 0 Å². The first kappa shape index (κ1) is 29.2. The molecule has 0 aromatic heterocycles. The van der Waals surface area contributed by atoms with Crippen molar-refractivity contribution in [2.24, 2.45) is 41.4 Å². The number of benzene rings is 1. The van der Waals surface area contributed by atoms with Crippen molar-refractivity contribution in [2.75, 3.05) is 26.2 Å². The van der Waals surface area contributed by atoms with Gasteiger partial charge in [0.25, 0.3) is 0 Å². The number of piperidine rings is 1. The number of aliphatic carboxylic acids is 1. The smallest absolute Gasteiger partial charge is 0.307 e. The number of hydrogen-bond donors (Lipinski definition) is 3. The van der Waals surface area contributed by atoms with E-state index in [2.05, 4.69) is 53.6 Å². The molecule has 7 nitrogen and oxygen atoms in total. The van der Waals surface area contributed by atoms with Crippen LogP contribution in [0.4, 0.5) is 0 Å². The number of carboxylic acid groups (broad SMARTS) is 1. The van der Waals surface area contributed by atoms with Gasteiger partial charge in [0.1, 0.15) is 0 Å². The van der Waals surface area contributed by atoms with Gasteiger partial charge in [0.05, 0.1) is 37.5 Å². The Bertz CT molecular complexity index is 1060. The first-order valence-electron chi connectivity index (χ1n) is 17.2. The average Bonchev–Trinajstić information content (AvgIpc) is 3.52. The lowest BCUT2D eigenvalue weighted by molar-refractivity contribution is -0.139. The molecule has 4 saturated carbocycles. The first-order chi connectivity index (χ1) is 20.4. The van der Waals surface area contributed by atoms with Gasteiger partial charge >= 0.3 is 5.97 Å². The van der Waals surface area contributed by atoms with Crippen LogP contribution in [0.3, 0.4) is 0 Å². The summed E-state index contributed by atoms with van der Waals surface area (Å²) in [4.78, 5) is 13.8. The Kier molecular flexibility index (Phi) is 8.68. The molecule has 2 saturated heterocycles. The molecule has 2 heterocycles. The van der Waals surface area contributed by atoms with Gasteiger partial charge in [0.2, 0.25) is 0 Å². The SMILES string of the molecule is Cc1ccc(COC2CCC3C(CCC4C(C5CCN(CCO[C@H]6C[C@@H]7C(C(=O)O)[C@@H]7C6)CC5)NC(C)NC34)C2)cc1. The van der Waals surface area contributed by atoms with Gasteiger partial charge in [-0.3, -0.25) is 15.4 Å². The molecule has 7 rings (SSSR count). The third kappa shape index (κ3) is 6.19. The topological polar surface area (TPSA) is 83.1 Å². The number of carbonyl (C=O) groups is 1. The number of hydrogen-bond acceptors (Lipinski definition) is 6. The monoisotopic (exact) mass is 579 g/mol. The average molecular weight is 580 g/mol. The van der Waals surface area contributed by atoms with Gasteiger partial charge < -0.3 is 19.5 Å². The van der Waals surface area contributed by atoms with Crippen LogP contribution in [0.1, 0.15) is 75.8 Å². The van der Waals surface area contributed by atoms with Gasteiger partial charge in [-0.2, -0.15) is 0 Å². The van der Waals surface area contributed by atoms with E-state index in [-0.39, 0.29) is 12.0 Å². The Labute approximate surface area is 252 Å². The maximum atomic E-state index is 11.2. The van der Waals surface area contributed by atoms with Gasteiger partial charge in [-0.15, -0.1) is 0 Å². The zero-order valence-electron chi connectivity index (χ0n) is 25.8. The standard InChI is InChI=1S/C35H53N3O4/c1-21-3-5-23(6-4-21)20-42-26-8-10-28-25(17-26)7-9-29-33(36-22(2)37-34(28)29)24-11-13-38(14-12-24)15-16-41-27-18-30-31(19-27)32(30)35(39)40/h3-6,22,24-34,36-37H,7-20H2,1-2H3,(H,39,40)/t22?,25?,26?,27-,28?,29?,30-,31+,32?,33?,34?. The van der Waals surface area contributed by atoms with Crippen LogP contribution in [-0.2, 0) is 20.9 Å². The van der Waals surface area contributed by atoms with Crippen LogP contribution in [0.15, 0.2) is 24.3 Å². The molecule has 2 aliphatic heterocycles. The minimum Gasteiger partial charge on any atom is -0.481 e. The highest BCUT2D eigenvalue weighted by molar-refractivity contribution is 5.74. The van der Waals surface area contributed by atoms with Crippen molar-refractivity contribution >= 4 is 5.97 Å². The van der Waals surface area contributed by atoms with Crippen LogP contribution in [0.25, 0.3) is 0 Å². The van der Waals surface area contributed by atoms with E-state index in [0.29, 0.717) is 36.2 Å². The summed E-state index contributed by atoms with van der Waals surface area (Å²) in [5.74, 6) is 3.18. The van der Waals surface area contributed by atoms with Crippen molar-refractivity contribution in [1.29, 1.82) is 0 Å². The summed E-state index contributed by atoms with van der Waals surface area (Å²) < 4.78 is 12.6. The Morgan fingerprint density at radius 3 is 2.29 bits per heavy atom. The zero-order valence-corrected chi connectivity index (χ0v) is 25.8. The zero-order chi connectivity index (χ0) is 28.8. The first-order valence-corrected chi connectivity index (χ1v) is 17.2. The number of likely N-dealkylation sites (tertiary alicyclic amines) is 1. The molecule has 1 aromatic carbocycles. The summed E-state index contributed by atoms with van der Waals surface area (Å²) in [6, 6.07) is 10.1. The maximum absolute atomic E-state index is 11.2. The molecule has 42 heavy (non-hydrogen) atoms. The van der Waals surface area contributed by atoms with E-state index in [1.165, 1.54) is 69.2 Å². The van der Waals surface area contributed by atoms with Crippen molar-refractivity contribution in [3.8, 4) is 0 Å². The Morgan fingerprint density at radius 1 is 0.833 bits per heavy atom. The number of aryl methyl sites for hydroxylation is 1. The molecule has 6 aliphatic rings. The van der Waals surface area contributed by atoms with E-state index in [1.54, 1.807) is 0 Å². The highest BCUT2D eigenvalue weighted by Gasteiger charge is 2.60. The Morgan fingerprint density at radius 2 is 1.55 bits per heavy atom. The van der Waals surface area contributed by atoms with Gasteiger partial charge in [-0.1, -0.05) is 29.8 Å². The van der Waals surface area contributed by atoms with Crippen LogP contribution in [0.5, 0.6) is 0 Å². The molecule has 11 atom stereocenters. The summed E-state index contributed by atoms with van der Waals surface area (Å²) in [5, 5.41) is 17.3. The highest BCUT2D eigenvalue weighted by atomic mass is 16.5. The van der Waals surface area contributed by atoms with Gasteiger partial charge in [0.15, 0.2) is 0 Å². The van der Waals surface area contributed by atoms with Crippen molar-refractivity contribution in [2.45, 2.75) is 109 Å². The van der Waals surface area contributed by atoms with E-state index in [4.69, 9.17) is 9.47 Å². The molecule has 3 N–H and O–H groups in total. The minimum absolute atomic E-state index is 0.0803. The van der Waals surface area contributed by atoms with E-state index in [1.807, 2.05) is 0 Å². The van der Waals surface area contributed by atoms with Gasteiger partial charge in [-0.25, -0.2) is 0 Å². The summed E-state index contributed by atoms with van der Waals surface area (Å²) in [7, 11) is 0. The summed E-state index contributed by atoms with van der Waals surface area (Å²) in [6.07, 6.45) is 12.0. The Hall–Kier alpha value is -1.51. The van der Waals surface area contributed by atoms with Crippen molar-refractivity contribution in [1.82, 2.24) is 15.5 Å². The summed E-state index contributed by atoms with van der Waals surface area (Å²) in [6.45, 7) is 9.38. The molecule has 0 radical (unpaired) electrons. The van der Waals surface area contributed by atoms with Crippen molar-refractivity contribution < 1.29 is 19.4 Å². The molecule has 0 bridgehead atoms. The number of nitrogens with zero attached hydrogens (tertiary/aromatic N) is 1. The number of fused-ring (bicyclic) bond motifs is 4.